The van der Waals surface area contributed by atoms with E-state index in [0.717, 1.165) is 41.0 Å². The van der Waals surface area contributed by atoms with E-state index in [-0.39, 0.29) is 0 Å². The smallest absolute Gasteiger partial charge is 0.233 e. The topological polar surface area (TPSA) is 88.7 Å². The molecule has 0 saturated carbocycles. The van der Waals surface area contributed by atoms with Crippen molar-refractivity contribution in [3.05, 3.63) is 47.4 Å². The zero-order valence-corrected chi connectivity index (χ0v) is 21.5. The fourth-order valence-corrected chi connectivity index (χ4v) is 5.06. The van der Waals surface area contributed by atoms with Crippen LogP contribution in [0.5, 0.6) is 0 Å². The first-order valence-corrected chi connectivity index (χ1v) is 12.8. The van der Waals surface area contributed by atoms with Gasteiger partial charge in [-0.15, -0.1) is 0 Å². The molecule has 10 heteroatoms. The van der Waals surface area contributed by atoms with Crippen LogP contribution in [0.4, 0.5) is 17.7 Å². The Labute approximate surface area is 208 Å². The van der Waals surface area contributed by atoms with Gasteiger partial charge in [0.25, 0.3) is 0 Å². The maximum absolute atomic E-state index is 4.84. The van der Waals surface area contributed by atoms with E-state index >= 15 is 0 Å². The number of hydrogen-bond donors (Lipinski definition) is 2. The van der Waals surface area contributed by atoms with Crippen LogP contribution in [0.25, 0.3) is 27.9 Å². The van der Waals surface area contributed by atoms with E-state index in [1.165, 1.54) is 0 Å². The van der Waals surface area contributed by atoms with Gasteiger partial charge in [0.05, 0.1) is 16.7 Å². The Bertz CT molecular complexity index is 1420. The highest BCUT2D eigenvalue weighted by Crippen LogP contribution is 2.26. The van der Waals surface area contributed by atoms with Crippen LogP contribution >= 0.6 is 11.3 Å². The van der Waals surface area contributed by atoms with Crippen LogP contribution < -0.4 is 10.6 Å². The van der Waals surface area contributed by atoms with E-state index in [1.54, 1.807) is 17.7 Å². The quantitative estimate of drug-likeness (QED) is 0.300. The molecule has 0 fully saturated rings. The molecule has 0 spiro atoms. The number of nitrogens with zero attached hydrogens (tertiary/aromatic N) is 7. The van der Waals surface area contributed by atoms with Gasteiger partial charge >= 0.3 is 0 Å². The molecule has 0 aliphatic heterocycles. The minimum Gasteiger partial charge on any atom is -0.367 e. The first-order chi connectivity index (χ1) is 16.9. The van der Waals surface area contributed by atoms with Crippen LogP contribution in [0.3, 0.4) is 0 Å². The molecule has 0 radical (unpaired) electrons. The van der Waals surface area contributed by atoms with E-state index in [2.05, 4.69) is 59.7 Å². The second kappa shape index (κ2) is 9.63. The van der Waals surface area contributed by atoms with Gasteiger partial charge in [-0.05, 0) is 51.3 Å². The first-order valence-electron chi connectivity index (χ1n) is 11.9. The molecule has 0 atom stereocenters. The average molecular weight is 490 g/mol. The third-order valence-electron chi connectivity index (χ3n) is 6.18. The predicted molar refractivity (Wildman–Crippen MR) is 144 cm³/mol. The molecule has 5 aromatic rings. The molecule has 0 unspecified atom stereocenters. The van der Waals surface area contributed by atoms with E-state index < -0.39 is 0 Å². The summed E-state index contributed by atoms with van der Waals surface area (Å²) in [6, 6.07) is 11.0. The molecule has 0 saturated heterocycles. The lowest BCUT2D eigenvalue weighted by Gasteiger charge is -2.30. The predicted octanol–water partition coefficient (Wildman–Crippen LogP) is 5.04. The average Bonchev–Trinajstić information content (AvgIpc) is 3.56. The molecule has 35 heavy (non-hydrogen) atoms. The number of hydrogen-bond acceptors (Lipinski definition) is 8. The van der Waals surface area contributed by atoms with Crippen LogP contribution in [0.2, 0.25) is 0 Å². The fourth-order valence-electron chi connectivity index (χ4n) is 4.44. The van der Waals surface area contributed by atoms with Crippen molar-refractivity contribution in [2.24, 2.45) is 7.05 Å². The van der Waals surface area contributed by atoms with Gasteiger partial charge < -0.3 is 9.88 Å². The molecule has 0 amide bonds. The van der Waals surface area contributed by atoms with Gasteiger partial charge in [-0.25, -0.2) is 9.97 Å². The Balaban J connectivity index is 1.51. The van der Waals surface area contributed by atoms with Crippen LogP contribution in [0.1, 0.15) is 27.7 Å². The van der Waals surface area contributed by atoms with Crippen molar-refractivity contribution in [2.45, 2.75) is 39.8 Å². The number of nitrogens with one attached hydrogen (secondary N) is 2. The van der Waals surface area contributed by atoms with Crippen molar-refractivity contribution in [3.8, 4) is 5.69 Å². The second-order valence-electron chi connectivity index (χ2n) is 9.12. The number of rotatable bonds is 9. The lowest BCUT2D eigenvalue weighted by atomic mass is 10.2. The van der Waals surface area contributed by atoms with E-state index in [0.29, 0.717) is 29.8 Å². The van der Waals surface area contributed by atoms with Gasteiger partial charge in [0.2, 0.25) is 11.9 Å². The molecule has 0 bridgehead atoms. The minimum atomic E-state index is 0.467. The van der Waals surface area contributed by atoms with Crippen molar-refractivity contribution in [1.29, 1.82) is 0 Å². The van der Waals surface area contributed by atoms with Crippen LogP contribution in [-0.4, -0.2) is 59.1 Å². The summed E-state index contributed by atoms with van der Waals surface area (Å²) < 4.78 is 4.00. The maximum atomic E-state index is 4.84. The third kappa shape index (κ3) is 4.59. The van der Waals surface area contributed by atoms with Crippen molar-refractivity contribution in [3.63, 3.8) is 0 Å². The van der Waals surface area contributed by atoms with E-state index in [4.69, 9.17) is 15.0 Å². The molecule has 4 heterocycles. The molecule has 0 aliphatic carbocycles. The summed E-state index contributed by atoms with van der Waals surface area (Å²) in [7, 11) is 1.98. The number of thiophene rings is 1. The van der Waals surface area contributed by atoms with Gasteiger partial charge in [0.1, 0.15) is 6.33 Å². The summed E-state index contributed by atoms with van der Waals surface area (Å²) >= 11 is 1.64. The van der Waals surface area contributed by atoms with Gasteiger partial charge in [0, 0.05) is 37.6 Å². The standard InChI is InChI=1S/C25H31N9S/c1-16(2)33(17(3)4)12-11-26-22-21-23(34(15-27-21)18-10-13-35-14-18)30-24(29-22)31-25-28-19-8-6-7-9-20(19)32(25)5/h6-10,13-17H,11-12H2,1-5H3,(H2,26,28,29,30,31). The van der Waals surface area contributed by atoms with Crippen molar-refractivity contribution < 1.29 is 0 Å². The second-order valence-corrected chi connectivity index (χ2v) is 9.90. The zero-order chi connectivity index (χ0) is 24.5. The van der Waals surface area contributed by atoms with Gasteiger partial charge in [-0.3, -0.25) is 14.8 Å². The number of anilines is 3. The van der Waals surface area contributed by atoms with E-state index in [1.807, 2.05) is 45.8 Å². The molecular weight excluding hydrogens is 458 g/mol. The molecule has 1 aromatic carbocycles. The number of para-hydroxylation sites is 2. The van der Waals surface area contributed by atoms with Gasteiger partial charge in [-0.1, -0.05) is 12.1 Å². The number of aromatic nitrogens is 6. The summed E-state index contributed by atoms with van der Waals surface area (Å²) in [5.41, 5.74) is 4.48. The fraction of sp³-hybridized carbons (Fsp3) is 0.360. The largest absolute Gasteiger partial charge is 0.367 e. The first kappa shape index (κ1) is 23.3. The number of aryl methyl sites for hydroxylation is 1. The van der Waals surface area contributed by atoms with Crippen molar-refractivity contribution in [2.75, 3.05) is 23.7 Å². The molecule has 2 N–H and O–H groups in total. The third-order valence-corrected chi connectivity index (χ3v) is 6.85. The summed E-state index contributed by atoms with van der Waals surface area (Å²) in [4.78, 5) is 21.5. The summed E-state index contributed by atoms with van der Waals surface area (Å²) in [6.07, 6.45) is 1.81. The Morgan fingerprint density at radius 1 is 1.03 bits per heavy atom. The molecule has 4 aromatic heterocycles. The number of fused-ring (bicyclic) bond motifs is 2. The van der Waals surface area contributed by atoms with E-state index in [9.17, 15) is 0 Å². The highest BCUT2D eigenvalue weighted by Gasteiger charge is 2.18. The lowest BCUT2D eigenvalue weighted by Crippen LogP contribution is -2.40. The van der Waals surface area contributed by atoms with Crippen molar-refractivity contribution >= 4 is 51.2 Å². The Morgan fingerprint density at radius 3 is 2.54 bits per heavy atom. The van der Waals surface area contributed by atoms with Crippen LogP contribution in [0.15, 0.2) is 47.4 Å². The normalized spacial score (nSPS) is 12.0. The molecule has 9 nitrogen and oxygen atoms in total. The highest BCUT2D eigenvalue weighted by molar-refractivity contribution is 7.08. The number of imidazole rings is 2. The van der Waals surface area contributed by atoms with Crippen molar-refractivity contribution in [1.82, 2.24) is 34.0 Å². The minimum absolute atomic E-state index is 0.467. The maximum Gasteiger partial charge on any atom is 0.233 e. The number of benzene rings is 1. The van der Waals surface area contributed by atoms with Gasteiger partial charge in [0.15, 0.2) is 17.0 Å². The molecular formula is C25H31N9S. The monoisotopic (exact) mass is 489 g/mol. The van der Waals surface area contributed by atoms with Crippen LogP contribution in [0, 0.1) is 0 Å². The Kier molecular flexibility index (Phi) is 6.40. The summed E-state index contributed by atoms with van der Waals surface area (Å²) in [6.45, 7) is 10.6. The molecule has 5 rings (SSSR count). The van der Waals surface area contributed by atoms with Crippen LogP contribution in [-0.2, 0) is 7.05 Å². The lowest BCUT2D eigenvalue weighted by molar-refractivity contribution is 0.182. The summed E-state index contributed by atoms with van der Waals surface area (Å²) in [5, 5.41) is 11.0. The Morgan fingerprint density at radius 2 is 1.83 bits per heavy atom. The molecule has 0 aliphatic rings. The highest BCUT2D eigenvalue weighted by atomic mass is 32.1. The molecule has 182 valence electrons. The SMILES string of the molecule is CC(C)N(CCNc1nc(Nc2nc3ccccc3n2C)nc2c1ncn2-c1ccsc1)C(C)C. The zero-order valence-electron chi connectivity index (χ0n) is 20.7. The summed E-state index contributed by atoms with van der Waals surface area (Å²) in [5.74, 6) is 1.86. The van der Waals surface area contributed by atoms with Gasteiger partial charge in [-0.2, -0.15) is 21.3 Å². The Hall–Kier alpha value is -3.50.